The number of carbonyl (C=O) groups is 2. The van der Waals surface area contributed by atoms with Crippen molar-refractivity contribution in [1.29, 1.82) is 0 Å². The maximum absolute atomic E-state index is 11.5. The molecular formula is C14H13N3O4. The fraction of sp³-hybridized carbons (Fsp3) is 0.143. The van der Waals surface area contributed by atoms with Gasteiger partial charge in [0.25, 0.3) is 0 Å². The molecule has 1 aromatic carbocycles. The maximum Gasteiger partial charge on any atom is 0.407 e. The fourth-order valence-corrected chi connectivity index (χ4v) is 1.55. The molecule has 0 atom stereocenters. The van der Waals surface area contributed by atoms with Gasteiger partial charge < -0.3 is 15.2 Å². The molecule has 2 aromatic rings. The van der Waals surface area contributed by atoms with E-state index in [0.29, 0.717) is 5.69 Å². The van der Waals surface area contributed by atoms with Crippen molar-refractivity contribution < 1.29 is 19.4 Å². The molecule has 1 aromatic heterocycles. The van der Waals surface area contributed by atoms with E-state index in [0.717, 1.165) is 11.9 Å². The summed E-state index contributed by atoms with van der Waals surface area (Å²) in [4.78, 5) is 29.7. The molecule has 2 rings (SSSR count). The van der Waals surface area contributed by atoms with Crippen LogP contribution in [-0.4, -0.2) is 27.1 Å². The number of carboxylic acids is 1. The van der Waals surface area contributed by atoms with E-state index in [1.807, 2.05) is 30.3 Å². The predicted molar refractivity (Wildman–Crippen MR) is 72.5 cm³/mol. The van der Waals surface area contributed by atoms with Crippen LogP contribution in [0.3, 0.4) is 0 Å². The fourth-order valence-electron chi connectivity index (χ4n) is 1.55. The number of nitrogens with zero attached hydrogens (tertiary/aromatic N) is 2. The van der Waals surface area contributed by atoms with Crippen LogP contribution in [0.4, 0.5) is 4.79 Å². The number of benzene rings is 1. The van der Waals surface area contributed by atoms with E-state index in [-0.39, 0.29) is 18.8 Å². The third-order valence-electron chi connectivity index (χ3n) is 2.57. The maximum atomic E-state index is 11.5. The van der Waals surface area contributed by atoms with Crippen LogP contribution in [0.25, 0.3) is 0 Å². The van der Waals surface area contributed by atoms with Crippen molar-refractivity contribution in [2.45, 2.75) is 13.2 Å². The number of carboxylic acid groups (broad SMARTS) is 1. The average Bonchev–Trinajstić information content (AvgIpc) is 2.52. The van der Waals surface area contributed by atoms with Gasteiger partial charge in [0.05, 0.1) is 12.2 Å². The van der Waals surface area contributed by atoms with E-state index in [1.165, 1.54) is 6.07 Å². The van der Waals surface area contributed by atoms with Gasteiger partial charge in [-0.25, -0.2) is 19.6 Å². The number of aromatic nitrogens is 2. The van der Waals surface area contributed by atoms with Crippen molar-refractivity contribution in [3.05, 3.63) is 59.7 Å². The Morgan fingerprint density at radius 1 is 1.19 bits per heavy atom. The first kappa shape index (κ1) is 14.4. The van der Waals surface area contributed by atoms with Gasteiger partial charge in [-0.05, 0) is 11.6 Å². The Hall–Kier alpha value is -2.96. The topological polar surface area (TPSA) is 101 Å². The van der Waals surface area contributed by atoms with Crippen molar-refractivity contribution in [3.63, 3.8) is 0 Å². The zero-order valence-electron chi connectivity index (χ0n) is 11.0. The third-order valence-corrected chi connectivity index (χ3v) is 2.57. The highest BCUT2D eigenvalue weighted by atomic mass is 16.5. The van der Waals surface area contributed by atoms with Crippen LogP contribution in [0.1, 0.15) is 21.7 Å². The molecule has 0 aliphatic rings. The summed E-state index contributed by atoms with van der Waals surface area (Å²) in [5.41, 5.74) is 1.14. The van der Waals surface area contributed by atoms with Crippen LogP contribution in [0, 0.1) is 0 Å². The van der Waals surface area contributed by atoms with E-state index < -0.39 is 12.1 Å². The van der Waals surface area contributed by atoms with Crippen LogP contribution < -0.4 is 5.32 Å². The summed E-state index contributed by atoms with van der Waals surface area (Å²) >= 11 is 0. The Balaban J connectivity index is 1.81. The number of aromatic carboxylic acids is 1. The number of nitrogens with one attached hydrogen (secondary N) is 1. The molecule has 0 bridgehead atoms. The lowest BCUT2D eigenvalue weighted by atomic mass is 10.2. The molecule has 1 amide bonds. The Bertz CT molecular complexity index is 631. The van der Waals surface area contributed by atoms with E-state index in [2.05, 4.69) is 15.3 Å². The Kier molecular flexibility index (Phi) is 4.81. The number of amides is 1. The minimum Gasteiger partial charge on any atom is -0.477 e. The van der Waals surface area contributed by atoms with Crippen LogP contribution in [0.2, 0.25) is 0 Å². The molecule has 0 saturated heterocycles. The van der Waals surface area contributed by atoms with Gasteiger partial charge in [0.2, 0.25) is 0 Å². The summed E-state index contributed by atoms with van der Waals surface area (Å²) in [5.74, 6) is -1.15. The number of ether oxygens (including phenoxy) is 1. The summed E-state index contributed by atoms with van der Waals surface area (Å²) in [6.07, 6.45) is 0.532. The van der Waals surface area contributed by atoms with Gasteiger partial charge in [0.15, 0.2) is 5.69 Å². The Morgan fingerprint density at radius 2 is 1.95 bits per heavy atom. The zero-order valence-corrected chi connectivity index (χ0v) is 11.0. The highest BCUT2D eigenvalue weighted by molar-refractivity contribution is 5.85. The van der Waals surface area contributed by atoms with Crippen LogP contribution in [-0.2, 0) is 17.9 Å². The molecule has 7 nitrogen and oxygen atoms in total. The van der Waals surface area contributed by atoms with E-state index in [1.54, 1.807) is 0 Å². The first-order chi connectivity index (χ1) is 10.1. The minimum atomic E-state index is -1.15. The molecule has 7 heteroatoms. The minimum absolute atomic E-state index is 0.0659. The lowest BCUT2D eigenvalue weighted by Crippen LogP contribution is -2.24. The van der Waals surface area contributed by atoms with Crippen LogP contribution in [0.15, 0.2) is 42.7 Å². The molecule has 108 valence electrons. The molecule has 0 aliphatic carbocycles. The molecule has 21 heavy (non-hydrogen) atoms. The van der Waals surface area contributed by atoms with Gasteiger partial charge in [0, 0.05) is 0 Å². The van der Waals surface area contributed by atoms with Gasteiger partial charge >= 0.3 is 12.1 Å². The zero-order chi connectivity index (χ0) is 15.1. The molecule has 2 N–H and O–H groups in total. The summed E-state index contributed by atoms with van der Waals surface area (Å²) in [5, 5.41) is 11.3. The molecule has 0 radical (unpaired) electrons. The van der Waals surface area contributed by atoms with Crippen molar-refractivity contribution in [1.82, 2.24) is 15.3 Å². The lowest BCUT2D eigenvalue weighted by molar-refractivity contribution is 0.0690. The van der Waals surface area contributed by atoms with Crippen molar-refractivity contribution in [2.24, 2.45) is 0 Å². The number of carbonyl (C=O) groups excluding carboxylic acids is 1. The lowest BCUT2D eigenvalue weighted by Gasteiger charge is -2.07. The predicted octanol–water partition coefficient (Wildman–Crippen LogP) is 1.60. The third kappa shape index (κ3) is 4.57. The largest absolute Gasteiger partial charge is 0.477 e. The number of alkyl carbamates (subject to hydrolysis) is 1. The van der Waals surface area contributed by atoms with Crippen molar-refractivity contribution in [3.8, 4) is 0 Å². The number of hydrogen-bond donors (Lipinski definition) is 2. The molecule has 0 aliphatic heterocycles. The van der Waals surface area contributed by atoms with Gasteiger partial charge in [-0.2, -0.15) is 0 Å². The Morgan fingerprint density at radius 3 is 2.67 bits per heavy atom. The van der Waals surface area contributed by atoms with Crippen molar-refractivity contribution >= 4 is 12.1 Å². The van der Waals surface area contributed by atoms with Crippen LogP contribution >= 0.6 is 0 Å². The standard InChI is InChI=1S/C14H13N3O4/c18-13(19)12-6-11(16-9-17-12)7-15-14(20)21-8-10-4-2-1-3-5-10/h1-6,9H,7-8H2,(H,15,20)(H,18,19). The van der Waals surface area contributed by atoms with E-state index in [4.69, 9.17) is 9.84 Å². The molecule has 0 unspecified atom stereocenters. The van der Waals surface area contributed by atoms with Gasteiger partial charge in [-0.15, -0.1) is 0 Å². The molecule has 0 fully saturated rings. The van der Waals surface area contributed by atoms with Gasteiger partial charge in [0.1, 0.15) is 12.9 Å². The first-order valence-electron chi connectivity index (χ1n) is 6.14. The monoisotopic (exact) mass is 287 g/mol. The summed E-state index contributed by atoms with van der Waals surface area (Å²) in [6, 6.07) is 10.6. The average molecular weight is 287 g/mol. The second-order valence-corrected chi connectivity index (χ2v) is 4.12. The summed E-state index contributed by atoms with van der Waals surface area (Å²) in [7, 11) is 0. The van der Waals surface area contributed by atoms with Crippen LogP contribution in [0.5, 0.6) is 0 Å². The molecule has 0 saturated carbocycles. The quantitative estimate of drug-likeness (QED) is 0.866. The summed E-state index contributed by atoms with van der Waals surface area (Å²) in [6.45, 7) is 0.229. The van der Waals surface area contributed by atoms with Gasteiger partial charge in [-0.3, -0.25) is 0 Å². The highest BCUT2D eigenvalue weighted by Crippen LogP contribution is 2.01. The molecule has 1 heterocycles. The SMILES string of the molecule is O=C(NCc1cc(C(=O)O)ncn1)OCc1ccccc1. The van der Waals surface area contributed by atoms with E-state index in [9.17, 15) is 9.59 Å². The van der Waals surface area contributed by atoms with Crippen molar-refractivity contribution in [2.75, 3.05) is 0 Å². The first-order valence-corrected chi connectivity index (χ1v) is 6.14. The normalized spacial score (nSPS) is 9.90. The van der Waals surface area contributed by atoms with Gasteiger partial charge in [-0.1, -0.05) is 30.3 Å². The Labute approximate surface area is 120 Å². The molecule has 0 spiro atoms. The highest BCUT2D eigenvalue weighted by Gasteiger charge is 2.07. The number of rotatable bonds is 5. The second kappa shape index (κ2) is 6.99. The number of hydrogen-bond acceptors (Lipinski definition) is 5. The smallest absolute Gasteiger partial charge is 0.407 e. The molecular weight excluding hydrogens is 274 g/mol. The second-order valence-electron chi connectivity index (χ2n) is 4.12. The summed E-state index contributed by atoms with van der Waals surface area (Å²) < 4.78 is 5.02. The van der Waals surface area contributed by atoms with E-state index >= 15 is 0 Å².